The lowest BCUT2D eigenvalue weighted by molar-refractivity contribution is -0.144. The van der Waals surface area contributed by atoms with E-state index in [4.69, 9.17) is 9.47 Å². The van der Waals surface area contributed by atoms with E-state index < -0.39 is 0 Å². The van der Waals surface area contributed by atoms with Crippen LogP contribution in [-0.4, -0.2) is 67.6 Å². The van der Waals surface area contributed by atoms with Crippen molar-refractivity contribution in [3.63, 3.8) is 0 Å². The second kappa shape index (κ2) is 9.22. The molecule has 1 unspecified atom stereocenters. The minimum Gasteiger partial charge on any atom is -0.493 e. The lowest BCUT2D eigenvalue weighted by Gasteiger charge is -2.36. The Morgan fingerprint density at radius 3 is 2.67 bits per heavy atom. The lowest BCUT2D eigenvalue weighted by atomic mass is 9.96. The molecule has 1 atom stereocenters. The van der Waals surface area contributed by atoms with Gasteiger partial charge in [-0.1, -0.05) is 17.7 Å². The van der Waals surface area contributed by atoms with Crippen molar-refractivity contribution in [3.05, 3.63) is 29.3 Å². The molecular formula is C21H30N2O4. The van der Waals surface area contributed by atoms with Crippen LogP contribution < -0.4 is 4.74 Å². The molecule has 0 bridgehead atoms. The van der Waals surface area contributed by atoms with Gasteiger partial charge in [0, 0.05) is 26.2 Å². The molecule has 2 aliphatic heterocycles. The summed E-state index contributed by atoms with van der Waals surface area (Å²) in [6.07, 6.45) is 2.08. The van der Waals surface area contributed by atoms with E-state index in [1.165, 1.54) is 5.56 Å². The molecular weight excluding hydrogens is 344 g/mol. The third-order valence-electron chi connectivity index (χ3n) is 5.35. The zero-order valence-electron chi connectivity index (χ0n) is 16.4. The molecule has 148 valence electrons. The molecule has 2 fully saturated rings. The van der Waals surface area contributed by atoms with E-state index in [1.807, 2.05) is 35.8 Å². The Labute approximate surface area is 161 Å². The average Bonchev–Trinajstić information content (AvgIpc) is 2.69. The molecule has 27 heavy (non-hydrogen) atoms. The maximum absolute atomic E-state index is 12.7. The Morgan fingerprint density at radius 1 is 1.15 bits per heavy atom. The van der Waals surface area contributed by atoms with E-state index in [1.54, 1.807) is 0 Å². The Kier molecular flexibility index (Phi) is 6.72. The minimum atomic E-state index is -0.0824. The summed E-state index contributed by atoms with van der Waals surface area (Å²) >= 11 is 0. The zero-order chi connectivity index (χ0) is 19.2. The third-order valence-corrected chi connectivity index (χ3v) is 5.35. The highest BCUT2D eigenvalue weighted by molar-refractivity contribution is 5.81. The van der Waals surface area contributed by atoms with Crippen molar-refractivity contribution in [3.8, 4) is 5.75 Å². The number of likely N-dealkylation sites (tertiary alicyclic amines) is 1. The predicted molar refractivity (Wildman–Crippen MR) is 103 cm³/mol. The number of ether oxygens (including phenoxy) is 2. The summed E-state index contributed by atoms with van der Waals surface area (Å²) in [5.41, 5.74) is 2.27. The van der Waals surface area contributed by atoms with Crippen LogP contribution in [0.4, 0.5) is 0 Å². The minimum absolute atomic E-state index is 0.0687. The van der Waals surface area contributed by atoms with Crippen LogP contribution in [-0.2, 0) is 14.3 Å². The summed E-state index contributed by atoms with van der Waals surface area (Å²) in [5.74, 6) is 0.982. The van der Waals surface area contributed by atoms with Crippen molar-refractivity contribution < 1.29 is 19.1 Å². The SMILES string of the molecule is Cc1ccc(OCCC(=O)N2CCCC(C(=O)N3CCOCC3)C2)c(C)c1. The normalized spacial score (nSPS) is 20.4. The van der Waals surface area contributed by atoms with Crippen LogP contribution in [0.3, 0.4) is 0 Å². The van der Waals surface area contributed by atoms with Gasteiger partial charge in [0.25, 0.3) is 0 Å². The molecule has 6 heteroatoms. The first-order chi connectivity index (χ1) is 13.0. The number of carbonyl (C=O) groups is 2. The van der Waals surface area contributed by atoms with E-state index in [9.17, 15) is 9.59 Å². The van der Waals surface area contributed by atoms with Crippen molar-refractivity contribution in [1.29, 1.82) is 0 Å². The van der Waals surface area contributed by atoms with Gasteiger partial charge in [-0.05, 0) is 38.3 Å². The van der Waals surface area contributed by atoms with Gasteiger partial charge in [0.15, 0.2) is 0 Å². The van der Waals surface area contributed by atoms with Crippen LogP contribution >= 0.6 is 0 Å². The molecule has 6 nitrogen and oxygen atoms in total. The summed E-state index contributed by atoms with van der Waals surface area (Å²) in [5, 5.41) is 0. The summed E-state index contributed by atoms with van der Waals surface area (Å²) in [6.45, 7) is 8.21. The second-order valence-corrected chi connectivity index (χ2v) is 7.48. The molecule has 0 aromatic heterocycles. The number of carbonyl (C=O) groups excluding carboxylic acids is 2. The van der Waals surface area contributed by atoms with Crippen LogP contribution in [0.15, 0.2) is 18.2 Å². The molecule has 0 saturated carbocycles. The van der Waals surface area contributed by atoms with E-state index in [-0.39, 0.29) is 17.7 Å². The van der Waals surface area contributed by atoms with Crippen LogP contribution in [0.5, 0.6) is 5.75 Å². The van der Waals surface area contributed by atoms with Gasteiger partial charge in [0.1, 0.15) is 5.75 Å². The third kappa shape index (κ3) is 5.22. The van der Waals surface area contributed by atoms with Crippen LogP contribution in [0.25, 0.3) is 0 Å². The Bertz CT molecular complexity index is 670. The monoisotopic (exact) mass is 374 g/mol. The Hall–Kier alpha value is -2.08. The summed E-state index contributed by atoms with van der Waals surface area (Å²) < 4.78 is 11.1. The molecule has 0 N–H and O–H groups in total. The summed E-state index contributed by atoms with van der Waals surface area (Å²) in [4.78, 5) is 29.0. The molecule has 2 heterocycles. The lowest BCUT2D eigenvalue weighted by Crippen LogP contribution is -2.49. The van der Waals surface area contributed by atoms with Gasteiger partial charge in [0.2, 0.25) is 11.8 Å². The smallest absolute Gasteiger partial charge is 0.227 e. The second-order valence-electron chi connectivity index (χ2n) is 7.48. The average molecular weight is 374 g/mol. The van der Waals surface area contributed by atoms with Gasteiger partial charge in [-0.15, -0.1) is 0 Å². The standard InChI is InChI=1S/C21H30N2O4/c1-16-5-6-19(17(2)14-16)27-11-7-20(24)23-8-3-4-18(15-23)21(25)22-9-12-26-13-10-22/h5-6,14,18H,3-4,7-13,15H2,1-2H3. The molecule has 1 aromatic carbocycles. The van der Waals surface area contributed by atoms with Crippen molar-refractivity contribution in [2.24, 2.45) is 5.92 Å². The highest BCUT2D eigenvalue weighted by Crippen LogP contribution is 2.21. The number of rotatable bonds is 5. The predicted octanol–water partition coefficient (Wildman–Crippen LogP) is 2.17. The number of hydrogen-bond acceptors (Lipinski definition) is 4. The van der Waals surface area contributed by atoms with Gasteiger partial charge in [-0.2, -0.15) is 0 Å². The fourth-order valence-corrected chi connectivity index (χ4v) is 3.81. The molecule has 0 spiro atoms. The topological polar surface area (TPSA) is 59.1 Å². The first kappa shape index (κ1) is 19.7. The Morgan fingerprint density at radius 2 is 1.93 bits per heavy atom. The fourth-order valence-electron chi connectivity index (χ4n) is 3.81. The van der Waals surface area contributed by atoms with Crippen molar-refractivity contribution in [2.45, 2.75) is 33.1 Å². The highest BCUT2D eigenvalue weighted by atomic mass is 16.5. The number of amides is 2. The van der Waals surface area contributed by atoms with Crippen molar-refractivity contribution >= 4 is 11.8 Å². The molecule has 0 radical (unpaired) electrons. The number of hydrogen-bond donors (Lipinski definition) is 0. The molecule has 2 amide bonds. The van der Waals surface area contributed by atoms with Gasteiger partial charge < -0.3 is 19.3 Å². The molecule has 0 aliphatic carbocycles. The molecule has 2 aliphatic rings. The van der Waals surface area contributed by atoms with Gasteiger partial charge in [-0.3, -0.25) is 9.59 Å². The zero-order valence-corrected chi connectivity index (χ0v) is 16.4. The number of morpholine rings is 1. The maximum atomic E-state index is 12.7. The maximum Gasteiger partial charge on any atom is 0.227 e. The van der Waals surface area contributed by atoms with Gasteiger partial charge in [0.05, 0.1) is 32.2 Å². The van der Waals surface area contributed by atoms with Gasteiger partial charge in [-0.25, -0.2) is 0 Å². The van der Waals surface area contributed by atoms with E-state index in [0.717, 1.165) is 30.7 Å². The number of piperidine rings is 1. The first-order valence-electron chi connectivity index (χ1n) is 9.89. The quantitative estimate of drug-likeness (QED) is 0.793. The summed E-state index contributed by atoms with van der Waals surface area (Å²) in [6, 6.07) is 6.04. The number of benzene rings is 1. The van der Waals surface area contributed by atoms with Crippen LogP contribution in [0, 0.1) is 19.8 Å². The number of aryl methyl sites for hydroxylation is 2. The first-order valence-corrected chi connectivity index (χ1v) is 9.89. The van der Waals surface area contributed by atoms with E-state index in [2.05, 4.69) is 6.07 Å². The van der Waals surface area contributed by atoms with Gasteiger partial charge >= 0.3 is 0 Å². The largest absolute Gasteiger partial charge is 0.493 e. The summed E-state index contributed by atoms with van der Waals surface area (Å²) in [7, 11) is 0. The highest BCUT2D eigenvalue weighted by Gasteiger charge is 2.31. The molecule has 2 saturated heterocycles. The van der Waals surface area contributed by atoms with Crippen LogP contribution in [0.1, 0.15) is 30.4 Å². The van der Waals surface area contributed by atoms with E-state index >= 15 is 0 Å². The fraction of sp³-hybridized carbons (Fsp3) is 0.619. The Balaban J connectivity index is 1.47. The number of nitrogens with zero attached hydrogens (tertiary/aromatic N) is 2. The van der Waals surface area contributed by atoms with Crippen molar-refractivity contribution in [1.82, 2.24) is 9.80 Å². The molecule has 1 aromatic rings. The van der Waals surface area contributed by atoms with Crippen molar-refractivity contribution in [2.75, 3.05) is 46.0 Å². The molecule has 3 rings (SSSR count). The van der Waals surface area contributed by atoms with Crippen LogP contribution in [0.2, 0.25) is 0 Å². The van der Waals surface area contributed by atoms with E-state index in [0.29, 0.717) is 45.9 Å².